The highest BCUT2D eigenvalue weighted by Gasteiger charge is 2.30. The number of fused-ring (bicyclic) bond motifs is 1. The minimum atomic E-state index is -4.41. The smallest absolute Gasteiger partial charge is 0.245 e. The predicted molar refractivity (Wildman–Crippen MR) is 98.9 cm³/mol. The van der Waals surface area contributed by atoms with Crippen LogP contribution in [0.15, 0.2) is 76.0 Å². The molecule has 2 aromatic carbocycles. The fourth-order valence-corrected chi connectivity index (χ4v) is 3.09. The summed E-state index contributed by atoms with van der Waals surface area (Å²) < 4.78 is 41.9. The maximum absolute atomic E-state index is 12.9. The Bertz CT molecular complexity index is 1180. The molecular formula is C19H11BrF3N3O. The molecule has 0 amide bonds. The van der Waals surface area contributed by atoms with Crippen molar-refractivity contribution >= 4 is 21.6 Å². The molecule has 0 saturated carbocycles. The molecule has 0 unspecified atom stereocenters. The first-order chi connectivity index (χ1) is 12.8. The Morgan fingerprint density at radius 3 is 2.19 bits per heavy atom. The lowest BCUT2D eigenvalue weighted by Crippen LogP contribution is -2.20. The van der Waals surface area contributed by atoms with E-state index in [-0.39, 0.29) is 0 Å². The van der Waals surface area contributed by atoms with Gasteiger partial charge < -0.3 is 0 Å². The number of alkyl halides is 3. The lowest BCUT2D eigenvalue weighted by Gasteiger charge is -2.08. The molecule has 2 aromatic heterocycles. The zero-order valence-electron chi connectivity index (χ0n) is 13.6. The maximum Gasteiger partial charge on any atom is 0.416 e. The monoisotopic (exact) mass is 433 g/mol. The molecule has 8 heteroatoms. The van der Waals surface area contributed by atoms with Gasteiger partial charge in [0.2, 0.25) is 0 Å². The first kappa shape index (κ1) is 17.5. The molecule has 4 nitrogen and oxygen atoms in total. The van der Waals surface area contributed by atoms with Gasteiger partial charge >= 0.3 is 11.9 Å². The van der Waals surface area contributed by atoms with Crippen LogP contribution in [-0.4, -0.2) is 14.2 Å². The highest BCUT2D eigenvalue weighted by molar-refractivity contribution is 9.10. The average Bonchev–Trinajstić information content (AvgIpc) is 2.99. The zero-order valence-corrected chi connectivity index (χ0v) is 15.2. The first-order valence-corrected chi connectivity index (χ1v) is 8.68. The Kier molecular flexibility index (Phi) is 4.15. The van der Waals surface area contributed by atoms with E-state index in [1.165, 1.54) is 21.2 Å². The van der Waals surface area contributed by atoms with Gasteiger partial charge in [-0.15, -0.1) is 5.10 Å². The van der Waals surface area contributed by atoms with Gasteiger partial charge in [0.1, 0.15) is 0 Å². The first-order valence-electron chi connectivity index (χ1n) is 7.89. The standard InChI is InChI=1S/C19H11BrF3N3O/c20-14-8-10-15(11-9-14)26-18(27)25-16(2-1-3-17(25)24-26)12-4-6-13(7-5-12)19(21,22)23/h1-11H. The molecule has 0 radical (unpaired) electrons. The topological polar surface area (TPSA) is 39.3 Å². The quantitative estimate of drug-likeness (QED) is 0.449. The maximum atomic E-state index is 12.9. The summed E-state index contributed by atoms with van der Waals surface area (Å²) >= 11 is 3.34. The summed E-state index contributed by atoms with van der Waals surface area (Å²) in [5.41, 5.74) is 0.811. The van der Waals surface area contributed by atoms with Gasteiger partial charge in [0.05, 0.1) is 16.9 Å². The van der Waals surface area contributed by atoms with Gasteiger partial charge in [-0.1, -0.05) is 34.1 Å². The van der Waals surface area contributed by atoms with Gasteiger partial charge in [-0.25, -0.2) is 9.20 Å². The van der Waals surface area contributed by atoms with Gasteiger partial charge in [-0.3, -0.25) is 0 Å². The third-order valence-corrected chi connectivity index (χ3v) is 4.65. The van der Waals surface area contributed by atoms with Crippen molar-refractivity contribution in [2.24, 2.45) is 0 Å². The highest BCUT2D eigenvalue weighted by Crippen LogP contribution is 2.31. The molecule has 4 aromatic rings. The van der Waals surface area contributed by atoms with Crippen LogP contribution < -0.4 is 5.69 Å². The third kappa shape index (κ3) is 3.16. The molecular weight excluding hydrogens is 423 g/mol. The Balaban J connectivity index is 1.88. The zero-order chi connectivity index (χ0) is 19.2. The summed E-state index contributed by atoms with van der Waals surface area (Å²) in [6.45, 7) is 0. The van der Waals surface area contributed by atoms with Crippen LogP contribution in [-0.2, 0) is 6.18 Å². The minimum Gasteiger partial charge on any atom is -0.245 e. The number of hydrogen-bond acceptors (Lipinski definition) is 2. The number of benzene rings is 2. The van der Waals surface area contributed by atoms with Crippen LogP contribution in [0.2, 0.25) is 0 Å². The highest BCUT2D eigenvalue weighted by atomic mass is 79.9. The van der Waals surface area contributed by atoms with Crippen molar-refractivity contribution in [3.05, 3.63) is 87.3 Å². The number of rotatable bonds is 2. The van der Waals surface area contributed by atoms with Crippen LogP contribution in [0.5, 0.6) is 0 Å². The molecule has 4 rings (SSSR count). The lowest BCUT2D eigenvalue weighted by atomic mass is 10.1. The van der Waals surface area contributed by atoms with Crippen molar-refractivity contribution in [2.45, 2.75) is 6.18 Å². The van der Waals surface area contributed by atoms with E-state index < -0.39 is 17.4 Å². The molecule has 0 aliphatic heterocycles. The van der Waals surface area contributed by atoms with E-state index in [0.29, 0.717) is 22.6 Å². The van der Waals surface area contributed by atoms with E-state index >= 15 is 0 Å². The molecule has 0 aliphatic rings. The molecule has 0 spiro atoms. The SMILES string of the molecule is O=c1n(-c2ccc(Br)cc2)nc2cccc(-c3ccc(C(F)(F)F)cc3)n12. The minimum absolute atomic E-state index is 0.400. The molecule has 136 valence electrons. The largest absolute Gasteiger partial charge is 0.416 e. The molecule has 0 saturated heterocycles. The Hall–Kier alpha value is -2.87. The molecule has 0 N–H and O–H groups in total. The Labute approximate surface area is 159 Å². The van der Waals surface area contributed by atoms with Crippen LogP contribution >= 0.6 is 15.9 Å². The van der Waals surface area contributed by atoms with Crippen LogP contribution in [0.1, 0.15) is 5.56 Å². The van der Waals surface area contributed by atoms with Crippen LogP contribution in [0.4, 0.5) is 13.2 Å². The van der Waals surface area contributed by atoms with Crippen molar-refractivity contribution in [3.8, 4) is 16.9 Å². The summed E-state index contributed by atoms with van der Waals surface area (Å²) in [4.78, 5) is 12.9. The molecule has 0 atom stereocenters. The van der Waals surface area contributed by atoms with Gasteiger partial charge in [0.25, 0.3) is 0 Å². The van der Waals surface area contributed by atoms with E-state index in [0.717, 1.165) is 16.6 Å². The van der Waals surface area contributed by atoms with Crippen molar-refractivity contribution < 1.29 is 13.2 Å². The average molecular weight is 434 g/mol. The molecule has 0 aliphatic carbocycles. The number of hydrogen-bond donors (Lipinski definition) is 0. The normalized spacial score (nSPS) is 11.9. The summed E-state index contributed by atoms with van der Waals surface area (Å²) in [5.74, 6) is 0. The summed E-state index contributed by atoms with van der Waals surface area (Å²) in [6, 6.07) is 16.8. The van der Waals surface area contributed by atoms with Crippen LogP contribution in [0, 0.1) is 0 Å². The Morgan fingerprint density at radius 2 is 1.56 bits per heavy atom. The molecule has 0 bridgehead atoms. The predicted octanol–water partition coefficient (Wildman–Crippen LogP) is 4.93. The number of nitrogens with zero attached hydrogens (tertiary/aromatic N) is 3. The lowest BCUT2D eigenvalue weighted by molar-refractivity contribution is -0.137. The van der Waals surface area contributed by atoms with E-state index in [2.05, 4.69) is 21.0 Å². The van der Waals surface area contributed by atoms with Gasteiger partial charge in [0.15, 0.2) is 5.65 Å². The molecule has 27 heavy (non-hydrogen) atoms. The number of aromatic nitrogens is 3. The van der Waals surface area contributed by atoms with Crippen LogP contribution in [0.25, 0.3) is 22.6 Å². The summed E-state index contributed by atoms with van der Waals surface area (Å²) in [6.07, 6.45) is -4.41. The third-order valence-electron chi connectivity index (χ3n) is 4.12. The second kappa shape index (κ2) is 6.38. The van der Waals surface area contributed by atoms with Gasteiger partial charge in [-0.05, 0) is 54.1 Å². The fraction of sp³-hybridized carbons (Fsp3) is 0.0526. The second-order valence-electron chi connectivity index (χ2n) is 5.85. The van der Waals surface area contributed by atoms with E-state index in [9.17, 15) is 18.0 Å². The summed E-state index contributed by atoms with van der Waals surface area (Å²) in [5, 5.41) is 4.33. The van der Waals surface area contributed by atoms with E-state index in [1.54, 1.807) is 42.5 Å². The van der Waals surface area contributed by atoms with Crippen molar-refractivity contribution in [1.82, 2.24) is 14.2 Å². The van der Waals surface area contributed by atoms with Crippen molar-refractivity contribution in [3.63, 3.8) is 0 Å². The molecule has 0 fully saturated rings. The molecule has 2 heterocycles. The van der Waals surface area contributed by atoms with Crippen molar-refractivity contribution in [1.29, 1.82) is 0 Å². The van der Waals surface area contributed by atoms with Gasteiger partial charge in [-0.2, -0.15) is 17.9 Å². The van der Waals surface area contributed by atoms with E-state index in [1.807, 2.05) is 0 Å². The van der Waals surface area contributed by atoms with Crippen molar-refractivity contribution in [2.75, 3.05) is 0 Å². The Morgan fingerprint density at radius 1 is 0.889 bits per heavy atom. The van der Waals surface area contributed by atoms with E-state index in [4.69, 9.17) is 0 Å². The summed E-state index contributed by atoms with van der Waals surface area (Å²) in [7, 11) is 0. The number of halogens is 4. The number of pyridine rings is 1. The fourth-order valence-electron chi connectivity index (χ4n) is 2.82. The second-order valence-corrected chi connectivity index (χ2v) is 6.77. The van der Waals surface area contributed by atoms with Gasteiger partial charge in [0, 0.05) is 4.47 Å². The van der Waals surface area contributed by atoms with Crippen LogP contribution in [0.3, 0.4) is 0 Å².